The molecule has 0 bridgehead atoms. The molecule has 23 heavy (non-hydrogen) atoms. The summed E-state index contributed by atoms with van der Waals surface area (Å²) in [6.45, 7) is 0.328. The number of hydrogen-bond acceptors (Lipinski definition) is 2. The maximum atomic E-state index is 13.5. The largest absolute Gasteiger partial charge is 0.327 e. The summed E-state index contributed by atoms with van der Waals surface area (Å²) in [6.07, 6.45) is 0.602. The Balaban J connectivity index is 2.07. The quantitative estimate of drug-likeness (QED) is 0.731. The summed E-state index contributed by atoms with van der Waals surface area (Å²) in [4.78, 5) is 4.34. The predicted octanol–water partition coefficient (Wildman–Crippen LogP) is 3.96. The van der Waals surface area contributed by atoms with Crippen molar-refractivity contribution in [2.45, 2.75) is 19.4 Å². The van der Waals surface area contributed by atoms with Crippen LogP contribution < -0.4 is 0 Å². The Morgan fingerprint density at radius 2 is 1.74 bits per heavy atom. The highest BCUT2D eigenvalue weighted by molar-refractivity contribution is 5.76. The molecule has 0 atom stereocenters. The highest BCUT2D eigenvalue weighted by Gasteiger charge is 2.14. The number of rotatable bonds is 4. The first kappa shape index (κ1) is 15.1. The van der Waals surface area contributed by atoms with Gasteiger partial charge in [0.2, 0.25) is 0 Å². The molecule has 0 fully saturated rings. The van der Waals surface area contributed by atoms with Crippen LogP contribution in [0.25, 0.3) is 11.0 Å². The van der Waals surface area contributed by atoms with E-state index in [1.54, 1.807) is 16.7 Å². The molecule has 0 spiro atoms. The van der Waals surface area contributed by atoms with Gasteiger partial charge < -0.3 is 4.57 Å². The summed E-state index contributed by atoms with van der Waals surface area (Å²) in [5.74, 6) is -1.68. The number of nitrogens with zero attached hydrogens (tertiary/aromatic N) is 3. The minimum atomic E-state index is -0.962. The Morgan fingerprint density at radius 1 is 1.04 bits per heavy atom. The van der Waals surface area contributed by atoms with E-state index in [0.29, 0.717) is 29.8 Å². The Bertz CT molecular complexity index is 892. The second-order valence-electron chi connectivity index (χ2n) is 5.15. The minimum Gasteiger partial charge on any atom is -0.327 e. The maximum absolute atomic E-state index is 13.5. The van der Waals surface area contributed by atoms with Crippen LogP contribution in [0.3, 0.4) is 0 Å². The highest BCUT2D eigenvalue weighted by atomic mass is 19.2. The number of benzene rings is 2. The third kappa shape index (κ3) is 3.04. The van der Waals surface area contributed by atoms with Gasteiger partial charge in [0.25, 0.3) is 0 Å². The lowest BCUT2D eigenvalue weighted by molar-refractivity contribution is 0.510. The van der Waals surface area contributed by atoms with E-state index in [0.717, 1.165) is 17.7 Å². The van der Waals surface area contributed by atoms with Crippen molar-refractivity contribution in [2.24, 2.45) is 0 Å². The van der Waals surface area contributed by atoms with Crippen LogP contribution in [0.4, 0.5) is 13.2 Å². The van der Waals surface area contributed by atoms with Gasteiger partial charge in [0.1, 0.15) is 11.6 Å². The molecule has 1 aromatic heterocycles. The van der Waals surface area contributed by atoms with Gasteiger partial charge in [0.15, 0.2) is 11.6 Å². The first-order valence-corrected chi connectivity index (χ1v) is 7.04. The lowest BCUT2D eigenvalue weighted by atomic mass is 10.1. The van der Waals surface area contributed by atoms with Crippen molar-refractivity contribution in [3.63, 3.8) is 0 Å². The fraction of sp³-hybridized carbons (Fsp3) is 0.176. The molecular weight excluding hydrogens is 303 g/mol. The molecule has 3 nitrogen and oxygen atoms in total. The maximum Gasteiger partial charge on any atom is 0.161 e. The predicted molar refractivity (Wildman–Crippen MR) is 79.1 cm³/mol. The highest BCUT2D eigenvalue weighted by Crippen LogP contribution is 2.22. The lowest BCUT2D eigenvalue weighted by Gasteiger charge is -2.07. The molecule has 3 rings (SSSR count). The molecule has 6 heteroatoms. The van der Waals surface area contributed by atoms with E-state index in [-0.39, 0.29) is 12.2 Å². The smallest absolute Gasteiger partial charge is 0.161 e. The van der Waals surface area contributed by atoms with Crippen molar-refractivity contribution in [2.75, 3.05) is 0 Å². The zero-order valence-corrected chi connectivity index (χ0v) is 12.1. The molecule has 0 aliphatic rings. The van der Waals surface area contributed by atoms with Crippen molar-refractivity contribution in [1.29, 1.82) is 5.26 Å². The van der Waals surface area contributed by atoms with Gasteiger partial charge in [-0.3, -0.25) is 0 Å². The van der Waals surface area contributed by atoms with Gasteiger partial charge in [-0.1, -0.05) is 12.1 Å². The molecule has 0 N–H and O–H groups in total. The molecule has 2 aromatic carbocycles. The Morgan fingerprint density at radius 3 is 2.43 bits per heavy atom. The summed E-state index contributed by atoms with van der Waals surface area (Å²) in [6, 6.07) is 10.1. The van der Waals surface area contributed by atoms with Crippen molar-refractivity contribution < 1.29 is 13.2 Å². The number of fused-ring (bicyclic) bond motifs is 1. The molecule has 0 saturated carbocycles. The van der Waals surface area contributed by atoms with E-state index in [9.17, 15) is 13.2 Å². The molecule has 0 aliphatic heterocycles. The molecule has 0 radical (unpaired) electrons. The first-order valence-electron chi connectivity index (χ1n) is 7.04. The molecule has 0 unspecified atom stereocenters. The van der Waals surface area contributed by atoms with Crippen molar-refractivity contribution in [3.05, 3.63) is 65.2 Å². The first-order chi connectivity index (χ1) is 11.1. The van der Waals surface area contributed by atoms with Crippen molar-refractivity contribution in [3.8, 4) is 6.07 Å². The Hall–Kier alpha value is -2.81. The van der Waals surface area contributed by atoms with E-state index in [1.165, 1.54) is 12.1 Å². The van der Waals surface area contributed by atoms with Crippen molar-refractivity contribution >= 4 is 11.0 Å². The molecule has 3 aromatic rings. The minimum absolute atomic E-state index is 0.223. The third-order valence-corrected chi connectivity index (χ3v) is 3.59. The zero-order valence-electron chi connectivity index (χ0n) is 12.1. The van der Waals surface area contributed by atoms with Gasteiger partial charge in [-0.25, -0.2) is 18.2 Å². The van der Waals surface area contributed by atoms with Crippen LogP contribution in [0.15, 0.2) is 36.4 Å². The average Bonchev–Trinajstić information content (AvgIpc) is 2.84. The van der Waals surface area contributed by atoms with Gasteiger partial charge in [-0.2, -0.15) is 5.26 Å². The molecule has 1 heterocycles. The fourth-order valence-electron chi connectivity index (χ4n) is 2.50. The summed E-state index contributed by atoms with van der Waals surface area (Å²) >= 11 is 0. The van der Waals surface area contributed by atoms with Gasteiger partial charge >= 0.3 is 0 Å². The molecule has 116 valence electrons. The van der Waals surface area contributed by atoms with Gasteiger partial charge in [0, 0.05) is 25.1 Å². The van der Waals surface area contributed by atoms with Crippen LogP contribution in [0.2, 0.25) is 0 Å². The molecule has 0 aliphatic carbocycles. The summed E-state index contributed by atoms with van der Waals surface area (Å²) < 4.78 is 41.6. The normalized spacial score (nSPS) is 10.9. The third-order valence-electron chi connectivity index (χ3n) is 3.59. The van der Waals surface area contributed by atoms with Gasteiger partial charge in [-0.05, 0) is 17.7 Å². The number of imidazole rings is 1. The summed E-state index contributed by atoms with van der Waals surface area (Å²) in [5.41, 5.74) is 1.59. The Labute approximate surface area is 130 Å². The number of halogens is 3. The molecule has 0 saturated heterocycles. The topological polar surface area (TPSA) is 41.6 Å². The summed E-state index contributed by atoms with van der Waals surface area (Å²) in [5, 5.41) is 8.79. The standard InChI is InChI=1S/C17H12F3N3/c18-12-4-2-11(3-5-12)8-17-22-15-9-13(19)14(20)10-16(15)23(17)7-1-6-21/h2-5,9-10H,1,7-8H2. The number of hydrogen-bond donors (Lipinski definition) is 0. The van der Waals surface area contributed by atoms with Gasteiger partial charge in [-0.15, -0.1) is 0 Å². The number of aryl methyl sites for hydroxylation is 1. The lowest BCUT2D eigenvalue weighted by Crippen LogP contribution is -2.05. The Kier molecular flexibility index (Phi) is 4.02. The van der Waals surface area contributed by atoms with E-state index < -0.39 is 11.6 Å². The van der Waals surface area contributed by atoms with Gasteiger partial charge in [0.05, 0.1) is 23.5 Å². The van der Waals surface area contributed by atoms with E-state index >= 15 is 0 Å². The number of nitriles is 1. The van der Waals surface area contributed by atoms with Crippen molar-refractivity contribution in [1.82, 2.24) is 9.55 Å². The second-order valence-corrected chi connectivity index (χ2v) is 5.15. The molecular formula is C17H12F3N3. The van der Waals surface area contributed by atoms with E-state index in [4.69, 9.17) is 5.26 Å². The SMILES string of the molecule is N#CCCn1c(Cc2ccc(F)cc2)nc2cc(F)c(F)cc21. The van der Waals surface area contributed by atoms with E-state index in [2.05, 4.69) is 4.98 Å². The fourth-order valence-corrected chi connectivity index (χ4v) is 2.50. The van der Waals surface area contributed by atoms with Crippen LogP contribution in [0.5, 0.6) is 0 Å². The molecule has 0 amide bonds. The second kappa shape index (κ2) is 6.13. The zero-order chi connectivity index (χ0) is 16.4. The number of aromatic nitrogens is 2. The average molecular weight is 315 g/mol. The van der Waals surface area contributed by atoms with Crippen LogP contribution in [-0.4, -0.2) is 9.55 Å². The monoisotopic (exact) mass is 315 g/mol. The van der Waals surface area contributed by atoms with E-state index in [1.807, 2.05) is 6.07 Å². The summed E-state index contributed by atoms with van der Waals surface area (Å²) in [7, 11) is 0. The van der Waals surface area contributed by atoms with Crippen LogP contribution in [0, 0.1) is 28.8 Å². The van der Waals surface area contributed by atoms with Crippen LogP contribution in [0.1, 0.15) is 17.8 Å². The van der Waals surface area contributed by atoms with Crippen LogP contribution in [-0.2, 0) is 13.0 Å². The van der Waals surface area contributed by atoms with Crippen LogP contribution >= 0.6 is 0 Å².